The molecule has 0 aliphatic rings. The number of pyridine rings is 1. The average molecular weight is 325 g/mol. The van der Waals surface area contributed by atoms with Gasteiger partial charge in [-0.15, -0.1) is 0 Å². The van der Waals surface area contributed by atoms with E-state index in [1.54, 1.807) is 6.92 Å². The second-order valence-electron chi connectivity index (χ2n) is 4.58. The molecule has 0 saturated heterocycles. The van der Waals surface area contributed by atoms with Crippen molar-refractivity contribution in [3.05, 3.63) is 47.7 Å². The fraction of sp³-hybridized carbons (Fsp3) is 0.250. The highest BCUT2D eigenvalue weighted by Gasteiger charge is 2.30. The quantitative estimate of drug-likeness (QED) is 0.799. The Morgan fingerprint density at radius 1 is 1.22 bits per heavy atom. The molecule has 23 heavy (non-hydrogen) atoms. The summed E-state index contributed by atoms with van der Waals surface area (Å²) in [5, 5.41) is 0. The van der Waals surface area contributed by atoms with Crippen molar-refractivity contribution in [3.63, 3.8) is 0 Å². The summed E-state index contributed by atoms with van der Waals surface area (Å²) >= 11 is 0. The number of carbonyl (C=O) groups excluding carboxylic acids is 1. The molecule has 0 atom stereocenters. The van der Waals surface area contributed by atoms with E-state index in [-0.39, 0.29) is 18.1 Å². The van der Waals surface area contributed by atoms with Crippen LogP contribution in [0.4, 0.5) is 13.2 Å². The molecule has 0 bridgehead atoms. The topological polar surface area (TPSA) is 48.4 Å². The van der Waals surface area contributed by atoms with Gasteiger partial charge < -0.3 is 9.47 Å². The molecule has 0 radical (unpaired) electrons. The third-order valence-electron chi connectivity index (χ3n) is 3.06. The number of nitrogens with zero attached hydrogens (tertiary/aromatic N) is 1. The number of halogens is 3. The van der Waals surface area contributed by atoms with Crippen molar-refractivity contribution in [3.8, 4) is 17.0 Å². The first-order valence-electron chi connectivity index (χ1n) is 6.75. The molecule has 0 aliphatic heterocycles. The predicted octanol–water partition coefficient (Wildman–Crippen LogP) is 3.95. The highest BCUT2D eigenvalue weighted by molar-refractivity contribution is 5.93. The Balaban J connectivity index is 2.48. The van der Waals surface area contributed by atoms with Gasteiger partial charge in [-0.25, -0.2) is 9.78 Å². The van der Waals surface area contributed by atoms with Crippen LogP contribution in [-0.4, -0.2) is 24.7 Å². The molecule has 0 aliphatic carbocycles. The smallest absolute Gasteiger partial charge is 0.416 e. The van der Waals surface area contributed by atoms with Crippen molar-refractivity contribution in [2.24, 2.45) is 0 Å². The van der Waals surface area contributed by atoms with Crippen LogP contribution in [0.1, 0.15) is 22.8 Å². The monoisotopic (exact) mass is 325 g/mol. The molecular weight excluding hydrogens is 311 g/mol. The first-order chi connectivity index (χ1) is 10.9. The molecule has 0 amide bonds. The Morgan fingerprint density at radius 3 is 2.57 bits per heavy atom. The Morgan fingerprint density at radius 2 is 1.96 bits per heavy atom. The second kappa shape index (κ2) is 6.68. The van der Waals surface area contributed by atoms with Gasteiger partial charge in [-0.3, -0.25) is 0 Å². The number of aromatic nitrogens is 1. The minimum atomic E-state index is -4.44. The summed E-state index contributed by atoms with van der Waals surface area (Å²) < 4.78 is 48.3. The van der Waals surface area contributed by atoms with Gasteiger partial charge >= 0.3 is 12.1 Å². The van der Waals surface area contributed by atoms with Crippen molar-refractivity contribution in [1.29, 1.82) is 0 Å². The summed E-state index contributed by atoms with van der Waals surface area (Å²) in [4.78, 5) is 15.9. The molecule has 122 valence electrons. The largest absolute Gasteiger partial charge is 0.480 e. The van der Waals surface area contributed by atoms with Crippen molar-refractivity contribution in [2.75, 3.05) is 13.7 Å². The maximum absolute atomic E-state index is 12.8. The highest BCUT2D eigenvalue weighted by Crippen LogP contribution is 2.33. The molecule has 1 aromatic heterocycles. The second-order valence-corrected chi connectivity index (χ2v) is 4.58. The van der Waals surface area contributed by atoms with E-state index < -0.39 is 17.7 Å². The number of hydrogen-bond donors (Lipinski definition) is 0. The third kappa shape index (κ3) is 3.80. The zero-order chi connectivity index (χ0) is 17.0. The molecule has 4 nitrogen and oxygen atoms in total. The van der Waals surface area contributed by atoms with E-state index in [1.807, 2.05) is 0 Å². The van der Waals surface area contributed by atoms with Gasteiger partial charge in [0, 0.05) is 11.8 Å². The van der Waals surface area contributed by atoms with Crippen LogP contribution in [0.3, 0.4) is 0 Å². The lowest BCUT2D eigenvalue weighted by Crippen LogP contribution is -2.08. The zero-order valence-electron chi connectivity index (χ0n) is 12.5. The molecule has 0 N–H and O–H groups in total. The number of carbonyl (C=O) groups is 1. The van der Waals surface area contributed by atoms with Crippen LogP contribution in [0.25, 0.3) is 11.1 Å². The van der Waals surface area contributed by atoms with Crippen LogP contribution >= 0.6 is 0 Å². The summed E-state index contributed by atoms with van der Waals surface area (Å²) in [5.41, 5.74) is -0.0618. The van der Waals surface area contributed by atoms with Crippen molar-refractivity contribution in [2.45, 2.75) is 13.1 Å². The van der Waals surface area contributed by atoms with Gasteiger partial charge in [0.15, 0.2) is 0 Å². The van der Waals surface area contributed by atoms with Crippen LogP contribution in [0, 0.1) is 0 Å². The minimum Gasteiger partial charge on any atom is -0.480 e. The molecule has 0 unspecified atom stereocenters. The fourth-order valence-corrected chi connectivity index (χ4v) is 2.00. The lowest BCUT2D eigenvalue weighted by molar-refractivity contribution is -0.137. The standard InChI is InChI=1S/C16H14F3NO3/c1-3-23-15(21)13-8-11(9-20-14(13)22-2)10-5-4-6-12(7-10)16(17,18)19/h4-9H,3H2,1-2H3. The van der Waals surface area contributed by atoms with E-state index in [2.05, 4.69) is 4.98 Å². The summed E-state index contributed by atoms with van der Waals surface area (Å²) in [6.07, 6.45) is -3.10. The summed E-state index contributed by atoms with van der Waals surface area (Å²) in [7, 11) is 1.34. The van der Waals surface area contributed by atoms with Crippen LogP contribution in [-0.2, 0) is 10.9 Å². The van der Waals surface area contributed by atoms with E-state index in [1.165, 1.54) is 31.5 Å². The van der Waals surface area contributed by atoms with Crippen LogP contribution in [0.15, 0.2) is 36.5 Å². The van der Waals surface area contributed by atoms with Crippen LogP contribution in [0.5, 0.6) is 5.88 Å². The van der Waals surface area contributed by atoms with E-state index >= 15 is 0 Å². The Kier molecular flexibility index (Phi) is 4.88. The Bertz CT molecular complexity index is 714. The van der Waals surface area contributed by atoms with Gasteiger partial charge in [-0.05, 0) is 30.7 Å². The van der Waals surface area contributed by atoms with E-state index in [9.17, 15) is 18.0 Å². The first kappa shape index (κ1) is 16.8. The van der Waals surface area contributed by atoms with Gasteiger partial charge in [0.2, 0.25) is 5.88 Å². The molecule has 0 fully saturated rings. The number of ether oxygens (including phenoxy) is 2. The van der Waals surface area contributed by atoms with Gasteiger partial charge in [0.1, 0.15) is 5.56 Å². The predicted molar refractivity (Wildman–Crippen MR) is 77.2 cm³/mol. The third-order valence-corrected chi connectivity index (χ3v) is 3.06. The van der Waals surface area contributed by atoms with Crippen molar-refractivity contribution in [1.82, 2.24) is 4.98 Å². The number of hydrogen-bond acceptors (Lipinski definition) is 4. The first-order valence-corrected chi connectivity index (χ1v) is 6.75. The van der Waals surface area contributed by atoms with Gasteiger partial charge in [0.05, 0.1) is 19.3 Å². The van der Waals surface area contributed by atoms with Crippen molar-refractivity contribution < 1.29 is 27.4 Å². The Hall–Kier alpha value is -2.57. The van der Waals surface area contributed by atoms with Crippen molar-refractivity contribution >= 4 is 5.97 Å². The summed E-state index contributed by atoms with van der Waals surface area (Å²) in [6.45, 7) is 1.81. The SMILES string of the molecule is CCOC(=O)c1cc(-c2cccc(C(F)(F)F)c2)cnc1OC. The maximum atomic E-state index is 12.8. The van der Waals surface area contributed by atoms with E-state index in [0.29, 0.717) is 11.1 Å². The maximum Gasteiger partial charge on any atom is 0.416 e. The van der Waals surface area contributed by atoms with Crippen LogP contribution < -0.4 is 4.74 Å². The lowest BCUT2D eigenvalue weighted by atomic mass is 10.0. The van der Waals surface area contributed by atoms with E-state index in [4.69, 9.17) is 9.47 Å². The molecule has 1 aromatic carbocycles. The van der Waals surface area contributed by atoms with E-state index in [0.717, 1.165) is 12.1 Å². The number of rotatable bonds is 4. The summed E-state index contributed by atoms with van der Waals surface area (Å²) in [6, 6.07) is 6.19. The van der Waals surface area contributed by atoms with Gasteiger partial charge in [0.25, 0.3) is 0 Å². The molecule has 2 aromatic rings. The number of methoxy groups -OCH3 is 1. The molecule has 0 saturated carbocycles. The minimum absolute atomic E-state index is 0.0548. The average Bonchev–Trinajstić information content (AvgIpc) is 2.54. The normalized spacial score (nSPS) is 11.2. The number of benzene rings is 1. The number of esters is 1. The molecule has 0 spiro atoms. The molecule has 2 rings (SSSR count). The molecular formula is C16H14F3NO3. The Labute approximate surface area is 130 Å². The van der Waals surface area contributed by atoms with Crippen LogP contribution in [0.2, 0.25) is 0 Å². The van der Waals surface area contributed by atoms with Gasteiger partial charge in [-0.2, -0.15) is 13.2 Å². The van der Waals surface area contributed by atoms with Gasteiger partial charge in [-0.1, -0.05) is 12.1 Å². The fourth-order valence-electron chi connectivity index (χ4n) is 2.00. The highest BCUT2D eigenvalue weighted by atomic mass is 19.4. The molecule has 7 heteroatoms. The summed E-state index contributed by atoms with van der Waals surface area (Å²) in [5.74, 6) is -0.593. The zero-order valence-corrected chi connectivity index (χ0v) is 12.5. The lowest BCUT2D eigenvalue weighted by Gasteiger charge is -2.11. The molecule has 1 heterocycles. The number of alkyl halides is 3.